The van der Waals surface area contributed by atoms with Crippen LogP contribution in [0.1, 0.15) is 19.4 Å². The number of benzene rings is 1. The van der Waals surface area contributed by atoms with Crippen LogP contribution in [0.4, 0.5) is 0 Å². The van der Waals surface area contributed by atoms with E-state index in [-0.39, 0.29) is 13.0 Å². The summed E-state index contributed by atoms with van der Waals surface area (Å²) in [5, 5.41) is 14.9. The van der Waals surface area contributed by atoms with E-state index in [4.69, 9.17) is 4.74 Å². The molecule has 0 bridgehead atoms. The van der Waals surface area contributed by atoms with Crippen molar-refractivity contribution in [2.45, 2.75) is 26.0 Å². The van der Waals surface area contributed by atoms with Crippen LogP contribution < -0.4 is 15.4 Å². The summed E-state index contributed by atoms with van der Waals surface area (Å²) >= 11 is 0. The van der Waals surface area contributed by atoms with Crippen molar-refractivity contribution in [3.8, 4) is 5.75 Å². The largest absolute Gasteiger partial charge is 0.490 e. The highest BCUT2D eigenvalue weighted by atomic mass is 16.5. The number of piperazine rings is 1. The lowest BCUT2D eigenvalue weighted by Crippen LogP contribution is -2.66. The Morgan fingerprint density at radius 2 is 2.00 bits per heavy atom. The van der Waals surface area contributed by atoms with E-state index in [9.17, 15) is 14.7 Å². The fourth-order valence-corrected chi connectivity index (χ4v) is 2.07. The number of amides is 2. The lowest BCUT2D eigenvalue weighted by molar-refractivity contribution is -0.154. The molecule has 0 radical (unpaired) electrons. The van der Waals surface area contributed by atoms with Crippen LogP contribution in [0.5, 0.6) is 5.75 Å². The first-order chi connectivity index (χ1) is 10.4. The molecule has 1 saturated heterocycles. The van der Waals surface area contributed by atoms with Crippen molar-refractivity contribution >= 4 is 11.8 Å². The Bertz CT molecular complexity index is 591. The fourth-order valence-electron chi connectivity index (χ4n) is 2.07. The molecule has 118 valence electrons. The molecule has 0 spiro atoms. The van der Waals surface area contributed by atoms with E-state index in [2.05, 4.69) is 10.6 Å². The maximum atomic E-state index is 11.7. The lowest BCUT2D eigenvalue weighted by atomic mass is 10.00. The number of ether oxygens (including phenoxy) is 1. The second-order valence-electron chi connectivity index (χ2n) is 5.50. The molecule has 2 amide bonds. The highest BCUT2D eigenvalue weighted by Crippen LogP contribution is 2.17. The number of hydrogen-bond acceptors (Lipinski definition) is 4. The average Bonchev–Trinajstić information content (AvgIpc) is 2.45. The number of allylic oxidation sites excluding steroid dienone is 1. The highest BCUT2D eigenvalue weighted by molar-refractivity contribution is 5.96. The summed E-state index contributed by atoms with van der Waals surface area (Å²) in [6, 6.07) is 7.04. The number of rotatable bonds is 5. The van der Waals surface area contributed by atoms with Gasteiger partial charge in [0.1, 0.15) is 12.4 Å². The van der Waals surface area contributed by atoms with E-state index in [1.165, 1.54) is 5.57 Å². The molecular weight excluding hydrogens is 284 g/mol. The molecule has 1 fully saturated rings. The van der Waals surface area contributed by atoms with Crippen LogP contribution in [0.25, 0.3) is 0 Å². The second kappa shape index (κ2) is 6.62. The van der Waals surface area contributed by atoms with Gasteiger partial charge < -0.3 is 20.5 Å². The second-order valence-corrected chi connectivity index (χ2v) is 5.50. The molecule has 22 heavy (non-hydrogen) atoms. The van der Waals surface area contributed by atoms with E-state index in [0.717, 1.165) is 5.56 Å². The molecule has 0 aliphatic carbocycles. The van der Waals surface area contributed by atoms with Gasteiger partial charge in [0.15, 0.2) is 0 Å². The third-order valence-corrected chi connectivity index (χ3v) is 3.26. The zero-order chi connectivity index (χ0) is 16.2. The summed E-state index contributed by atoms with van der Waals surface area (Å²) in [6.07, 6.45) is 1.97. The average molecular weight is 304 g/mol. The molecule has 1 heterocycles. The van der Waals surface area contributed by atoms with E-state index < -0.39 is 17.5 Å². The number of hydrogen-bond donors (Lipinski definition) is 3. The van der Waals surface area contributed by atoms with Crippen LogP contribution in [-0.4, -0.2) is 35.8 Å². The van der Waals surface area contributed by atoms with Crippen molar-refractivity contribution in [3.63, 3.8) is 0 Å². The van der Waals surface area contributed by atoms with Crippen molar-refractivity contribution in [2.75, 3.05) is 13.2 Å². The molecule has 3 N–H and O–H groups in total. The molecular formula is C16H20N2O4. The van der Waals surface area contributed by atoms with Crippen molar-refractivity contribution in [1.29, 1.82) is 0 Å². The Morgan fingerprint density at radius 1 is 1.32 bits per heavy atom. The van der Waals surface area contributed by atoms with Gasteiger partial charge in [0, 0.05) is 6.42 Å². The van der Waals surface area contributed by atoms with Crippen molar-refractivity contribution in [3.05, 3.63) is 41.5 Å². The summed E-state index contributed by atoms with van der Waals surface area (Å²) < 4.78 is 5.54. The maximum Gasteiger partial charge on any atom is 0.274 e. The van der Waals surface area contributed by atoms with Gasteiger partial charge in [-0.1, -0.05) is 17.7 Å². The van der Waals surface area contributed by atoms with Gasteiger partial charge in [-0.25, -0.2) is 0 Å². The molecule has 0 saturated carbocycles. The maximum absolute atomic E-state index is 11.7. The van der Waals surface area contributed by atoms with Crippen LogP contribution in [-0.2, 0) is 16.0 Å². The minimum Gasteiger partial charge on any atom is -0.490 e. The van der Waals surface area contributed by atoms with Gasteiger partial charge in [0.25, 0.3) is 5.91 Å². The highest BCUT2D eigenvalue weighted by Gasteiger charge is 2.41. The number of aliphatic hydroxyl groups is 1. The molecule has 0 unspecified atom stereocenters. The van der Waals surface area contributed by atoms with E-state index in [1.54, 1.807) is 24.3 Å². The van der Waals surface area contributed by atoms with Crippen LogP contribution in [0, 0.1) is 0 Å². The van der Waals surface area contributed by atoms with Crippen LogP contribution in [0.15, 0.2) is 35.9 Å². The van der Waals surface area contributed by atoms with Gasteiger partial charge in [0.2, 0.25) is 11.6 Å². The lowest BCUT2D eigenvalue weighted by Gasteiger charge is -2.31. The Kier molecular flexibility index (Phi) is 4.82. The van der Waals surface area contributed by atoms with E-state index >= 15 is 0 Å². The first kappa shape index (κ1) is 16.0. The zero-order valence-corrected chi connectivity index (χ0v) is 12.7. The summed E-state index contributed by atoms with van der Waals surface area (Å²) in [5.74, 6) is -0.315. The summed E-state index contributed by atoms with van der Waals surface area (Å²) in [4.78, 5) is 23.1. The smallest absolute Gasteiger partial charge is 0.274 e. The van der Waals surface area contributed by atoms with Crippen molar-refractivity contribution in [2.24, 2.45) is 0 Å². The summed E-state index contributed by atoms with van der Waals surface area (Å²) in [7, 11) is 0. The monoisotopic (exact) mass is 304 g/mol. The normalized spacial score (nSPS) is 20.9. The number of carbonyl (C=O) groups is 2. The van der Waals surface area contributed by atoms with Gasteiger partial charge in [-0.15, -0.1) is 0 Å². The SMILES string of the molecule is CC(C)=CCOc1ccc(C[C@@]2(O)NC(=O)CNC2=O)cc1. The van der Waals surface area contributed by atoms with Crippen molar-refractivity contribution < 1.29 is 19.4 Å². The molecule has 1 aliphatic heterocycles. The van der Waals surface area contributed by atoms with E-state index in [1.807, 2.05) is 19.9 Å². The summed E-state index contributed by atoms with van der Waals surface area (Å²) in [5.41, 5.74) is -0.00735. The Hall–Kier alpha value is -2.34. The molecule has 6 nitrogen and oxygen atoms in total. The fraction of sp³-hybridized carbons (Fsp3) is 0.375. The molecule has 1 aromatic rings. The third kappa shape index (κ3) is 4.08. The minimum absolute atomic E-state index is 0.00117. The van der Waals surface area contributed by atoms with Gasteiger partial charge in [0.05, 0.1) is 6.54 Å². The molecule has 6 heteroatoms. The number of nitrogens with one attached hydrogen (secondary N) is 2. The van der Waals surface area contributed by atoms with Gasteiger partial charge in [-0.3, -0.25) is 9.59 Å². The van der Waals surface area contributed by atoms with Gasteiger partial charge >= 0.3 is 0 Å². The minimum atomic E-state index is -1.90. The van der Waals surface area contributed by atoms with Crippen LogP contribution in [0.3, 0.4) is 0 Å². The Morgan fingerprint density at radius 3 is 2.64 bits per heavy atom. The zero-order valence-electron chi connectivity index (χ0n) is 12.7. The predicted molar refractivity (Wildman–Crippen MR) is 81.2 cm³/mol. The third-order valence-electron chi connectivity index (χ3n) is 3.26. The van der Waals surface area contributed by atoms with Crippen LogP contribution in [0.2, 0.25) is 0 Å². The molecule has 1 aromatic carbocycles. The predicted octanol–water partition coefficient (Wildman–Crippen LogP) is 0.509. The first-order valence-corrected chi connectivity index (χ1v) is 7.06. The molecule has 1 aliphatic rings. The first-order valence-electron chi connectivity index (χ1n) is 7.06. The van der Waals surface area contributed by atoms with E-state index in [0.29, 0.717) is 12.4 Å². The molecule has 0 aromatic heterocycles. The summed E-state index contributed by atoms with van der Waals surface area (Å²) in [6.45, 7) is 4.37. The van der Waals surface area contributed by atoms with Crippen LogP contribution >= 0.6 is 0 Å². The topological polar surface area (TPSA) is 87.7 Å². The van der Waals surface area contributed by atoms with Gasteiger partial charge in [-0.05, 0) is 37.6 Å². The standard InChI is InChI=1S/C16H20N2O4/c1-11(2)7-8-22-13-5-3-12(4-6-13)9-16(21)15(20)17-10-14(19)18-16/h3-7,21H,8-10H2,1-2H3,(H,17,20)(H,18,19)/t16-/m0/s1. The molecule has 2 rings (SSSR count). The number of carbonyl (C=O) groups excluding carboxylic acids is 2. The van der Waals surface area contributed by atoms with Crippen molar-refractivity contribution in [1.82, 2.24) is 10.6 Å². The Balaban J connectivity index is 2.00. The Labute approximate surface area is 129 Å². The quantitative estimate of drug-likeness (QED) is 0.692. The molecule has 1 atom stereocenters. The van der Waals surface area contributed by atoms with Gasteiger partial charge in [-0.2, -0.15) is 0 Å².